The number of carbonyl (C=O) groups is 2. The Kier molecular flexibility index (Phi) is 9.71. The second-order valence-electron chi connectivity index (χ2n) is 9.73. The van der Waals surface area contributed by atoms with Gasteiger partial charge in [0.25, 0.3) is 5.91 Å². The number of nitrogens with one attached hydrogen (secondary N) is 1. The van der Waals surface area contributed by atoms with Gasteiger partial charge in [-0.3, -0.25) is 19.2 Å². The first-order valence-corrected chi connectivity index (χ1v) is 13.9. The van der Waals surface area contributed by atoms with Crippen molar-refractivity contribution in [2.75, 3.05) is 30.5 Å². The normalized spacial score (nSPS) is 15.3. The van der Waals surface area contributed by atoms with Gasteiger partial charge >= 0.3 is 6.18 Å². The standard InChI is InChI=1S/C29H32F3N5O4S/c1-4-16-41-23-10-6-20(7-11-23)33-26(38)18-24-27(39)37(21-8-12-22(40-3)13-9-21)28(42)35(24)14-5-15-36-25(29(30,31)32)17-19(2)34-36/h6-13,17,24H,4-5,14-16,18H2,1-3H3,(H,33,38)/t24-/m0/s1. The summed E-state index contributed by atoms with van der Waals surface area (Å²) in [5.74, 6) is 0.440. The number of anilines is 2. The van der Waals surface area contributed by atoms with Crippen LogP contribution in [0.15, 0.2) is 54.6 Å². The van der Waals surface area contributed by atoms with Crippen LogP contribution in [0.5, 0.6) is 11.5 Å². The zero-order valence-corrected chi connectivity index (χ0v) is 24.3. The zero-order chi connectivity index (χ0) is 30.4. The van der Waals surface area contributed by atoms with E-state index in [-0.39, 0.29) is 36.7 Å². The van der Waals surface area contributed by atoms with Crippen molar-refractivity contribution in [1.29, 1.82) is 0 Å². The molecule has 42 heavy (non-hydrogen) atoms. The molecule has 0 aliphatic carbocycles. The van der Waals surface area contributed by atoms with Gasteiger partial charge in [-0.25, -0.2) is 0 Å². The topological polar surface area (TPSA) is 88.9 Å². The summed E-state index contributed by atoms with van der Waals surface area (Å²) in [6, 6.07) is 13.6. The van der Waals surface area contributed by atoms with Crippen LogP contribution >= 0.6 is 12.2 Å². The molecule has 0 spiro atoms. The molecule has 9 nitrogen and oxygen atoms in total. The molecule has 4 rings (SSSR count). The number of alkyl halides is 3. The lowest BCUT2D eigenvalue weighted by Gasteiger charge is -2.24. The number of methoxy groups -OCH3 is 1. The van der Waals surface area contributed by atoms with Gasteiger partial charge < -0.3 is 19.7 Å². The maximum absolute atomic E-state index is 13.6. The van der Waals surface area contributed by atoms with Crippen molar-refractivity contribution in [3.63, 3.8) is 0 Å². The molecule has 1 aliphatic heterocycles. The quantitative estimate of drug-likeness (QED) is 0.276. The van der Waals surface area contributed by atoms with Gasteiger partial charge in [-0.1, -0.05) is 6.92 Å². The lowest BCUT2D eigenvalue weighted by molar-refractivity contribution is -0.144. The summed E-state index contributed by atoms with van der Waals surface area (Å²) in [4.78, 5) is 29.6. The molecule has 1 aromatic heterocycles. The Morgan fingerprint density at radius 3 is 2.36 bits per heavy atom. The van der Waals surface area contributed by atoms with Crippen LogP contribution in [-0.2, 0) is 22.3 Å². The molecule has 1 saturated heterocycles. The summed E-state index contributed by atoms with van der Waals surface area (Å²) in [6.45, 7) is 4.15. The Morgan fingerprint density at radius 2 is 1.74 bits per heavy atom. The molecule has 1 atom stereocenters. The third-order valence-corrected chi connectivity index (χ3v) is 7.02. The molecule has 0 unspecified atom stereocenters. The molecule has 2 heterocycles. The van der Waals surface area contributed by atoms with Crippen LogP contribution in [0.4, 0.5) is 24.5 Å². The van der Waals surface area contributed by atoms with Crippen molar-refractivity contribution in [1.82, 2.24) is 14.7 Å². The van der Waals surface area contributed by atoms with Crippen LogP contribution < -0.4 is 19.7 Å². The first-order chi connectivity index (χ1) is 20.0. The number of halogens is 3. The van der Waals surface area contributed by atoms with E-state index < -0.39 is 29.7 Å². The smallest absolute Gasteiger partial charge is 0.433 e. The van der Waals surface area contributed by atoms with Crippen molar-refractivity contribution in [3.8, 4) is 11.5 Å². The van der Waals surface area contributed by atoms with Gasteiger partial charge in [0.1, 0.15) is 23.2 Å². The van der Waals surface area contributed by atoms with Gasteiger partial charge in [0.15, 0.2) is 5.11 Å². The fourth-order valence-corrected chi connectivity index (χ4v) is 5.05. The van der Waals surface area contributed by atoms with E-state index in [1.807, 2.05) is 6.92 Å². The van der Waals surface area contributed by atoms with Gasteiger partial charge in [-0.05, 0) is 86.6 Å². The Hall–Kier alpha value is -4.13. The highest BCUT2D eigenvalue weighted by molar-refractivity contribution is 7.80. The third-order valence-electron chi connectivity index (χ3n) is 6.60. The van der Waals surface area contributed by atoms with Crippen molar-refractivity contribution < 1.29 is 32.2 Å². The minimum Gasteiger partial charge on any atom is -0.497 e. The third kappa shape index (κ3) is 7.19. The molecule has 224 valence electrons. The Morgan fingerprint density at radius 1 is 1.07 bits per heavy atom. The van der Waals surface area contributed by atoms with Crippen LogP contribution in [0.1, 0.15) is 37.6 Å². The molecule has 0 bridgehead atoms. The van der Waals surface area contributed by atoms with Gasteiger partial charge in [-0.2, -0.15) is 18.3 Å². The van der Waals surface area contributed by atoms with E-state index in [1.54, 1.807) is 53.4 Å². The van der Waals surface area contributed by atoms with E-state index in [0.29, 0.717) is 29.5 Å². The van der Waals surface area contributed by atoms with Crippen LogP contribution in [0.2, 0.25) is 0 Å². The second-order valence-corrected chi connectivity index (χ2v) is 10.1. The fourth-order valence-electron chi connectivity index (χ4n) is 4.63. The number of aryl methyl sites for hydroxylation is 2. The number of benzene rings is 2. The molecular weight excluding hydrogens is 571 g/mol. The van der Waals surface area contributed by atoms with Crippen LogP contribution in [0.3, 0.4) is 0 Å². The molecule has 2 amide bonds. The summed E-state index contributed by atoms with van der Waals surface area (Å²) in [5.41, 5.74) is 0.425. The Balaban J connectivity index is 1.50. The number of carbonyl (C=O) groups excluding carboxylic acids is 2. The lowest BCUT2D eigenvalue weighted by Crippen LogP contribution is -2.39. The van der Waals surface area contributed by atoms with Crippen molar-refractivity contribution in [2.24, 2.45) is 0 Å². The molecule has 0 radical (unpaired) electrons. The van der Waals surface area contributed by atoms with Crippen molar-refractivity contribution in [2.45, 2.75) is 51.9 Å². The summed E-state index contributed by atoms with van der Waals surface area (Å²) >= 11 is 5.66. The molecular formula is C29H32F3N5O4S. The highest BCUT2D eigenvalue weighted by Gasteiger charge is 2.44. The number of hydrogen-bond acceptors (Lipinski definition) is 6. The van der Waals surface area contributed by atoms with Crippen molar-refractivity contribution >= 4 is 40.5 Å². The highest BCUT2D eigenvalue weighted by Crippen LogP contribution is 2.31. The Labute approximate surface area is 247 Å². The zero-order valence-electron chi connectivity index (χ0n) is 23.5. The van der Waals surface area contributed by atoms with Crippen LogP contribution in [0.25, 0.3) is 0 Å². The molecule has 13 heteroatoms. The number of rotatable bonds is 12. The van der Waals surface area contributed by atoms with Gasteiger partial charge in [0.2, 0.25) is 5.91 Å². The fraction of sp³-hybridized carbons (Fsp3) is 0.379. The summed E-state index contributed by atoms with van der Waals surface area (Å²) in [6.07, 6.45) is -3.70. The average Bonchev–Trinajstić information content (AvgIpc) is 3.45. The van der Waals surface area contributed by atoms with E-state index >= 15 is 0 Å². The SMILES string of the molecule is CCCOc1ccc(NC(=O)C[C@H]2C(=O)N(c3ccc(OC)cc3)C(=S)N2CCCn2nc(C)cc2C(F)(F)F)cc1. The maximum Gasteiger partial charge on any atom is 0.433 e. The van der Waals surface area contributed by atoms with Gasteiger partial charge in [-0.15, -0.1) is 0 Å². The number of thiocarbonyl (C=S) groups is 1. The maximum atomic E-state index is 13.6. The molecule has 2 aromatic carbocycles. The molecule has 3 aromatic rings. The number of aromatic nitrogens is 2. The molecule has 1 N–H and O–H groups in total. The van der Waals surface area contributed by atoms with Crippen LogP contribution in [-0.4, -0.2) is 57.9 Å². The van der Waals surface area contributed by atoms with E-state index in [9.17, 15) is 22.8 Å². The highest BCUT2D eigenvalue weighted by atomic mass is 32.1. The van der Waals surface area contributed by atoms with Gasteiger partial charge in [0, 0.05) is 18.8 Å². The van der Waals surface area contributed by atoms with E-state index in [4.69, 9.17) is 21.7 Å². The lowest BCUT2D eigenvalue weighted by atomic mass is 10.1. The van der Waals surface area contributed by atoms with E-state index in [2.05, 4.69) is 10.4 Å². The van der Waals surface area contributed by atoms with E-state index in [0.717, 1.165) is 17.2 Å². The minimum atomic E-state index is -4.55. The molecule has 1 aliphatic rings. The Bertz CT molecular complexity index is 1410. The summed E-state index contributed by atoms with van der Waals surface area (Å²) in [5, 5.41) is 6.93. The number of ether oxygens (including phenoxy) is 2. The van der Waals surface area contributed by atoms with E-state index in [1.165, 1.54) is 18.9 Å². The first kappa shape index (κ1) is 30.8. The van der Waals surface area contributed by atoms with Crippen LogP contribution in [0, 0.1) is 6.92 Å². The predicted octanol–water partition coefficient (Wildman–Crippen LogP) is 5.43. The molecule has 1 fully saturated rings. The van der Waals surface area contributed by atoms with Gasteiger partial charge in [0.05, 0.1) is 31.5 Å². The molecule has 0 saturated carbocycles. The first-order valence-electron chi connectivity index (χ1n) is 13.4. The monoisotopic (exact) mass is 603 g/mol. The van der Waals surface area contributed by atoms with Crippen molar-refractivity contribution in [3.05, 3.63) is 66.0 Å². The average molecular weight is 604 g/mol. The number of amides is 2. The number of nitrogens with zero attached hydrogens (tertiary/aromatic N) is 4. The second kappa shape index (κ2) is 13.2. The largest absolute Gasteiger partial charge is 0.497 e. The summed E-state index contributed by atoms with van der Waals surface area (Å²) in [7, 11) is 1.52. The predicted molar refractivity (Wildman–Crippen MR) is 156 cm³/mol. The minimum absolute atomic E-state index is 0.0517. The number of hydrogen-bond donors (Lipinski definition) is 1. The summed E-state index contributed by atoms with van der Waals surface area (Å²) < 4.78 is 52.0.